The molecule has 0 N–H and O–H groups in total. The van der Waals surface area contributed by atoms with Gasteiger partial charge in [0.1, 0.15) is 0 Å². The van der Waals surface area contributed by atoms with Crippen molar-refractivity contribution in [2.45, 2.75) is 38.2 Å². The Kier molecular flexibility index (Phi) is 4.54. The molecular formula is C11H15KOS2. The van der Waals surface area contributed by atoms with Crippen LogP contribution in [0.5, 0.6) is 0 Å². The summed E-state index contributed by atoms with van der Waals surface area (Å²) in [4.78, 5) is 0. The maximum Gasteiger partial charge on any atom is 1.00 e. The summed E-state index contributed by atoms with van der Waals surface area (Å²) < 4.78 is 5.93. The molecule has 0 spiro atoms. The van der Waals surface area contributed by atoms with Crippen LogP contribution in [0.15, 0.2) is 0 Å². The van der Waals surface area contributed by atoms with E-state index in [0.29, 0.717) is 10.5 Å². The van der Waals surface area contributed by atoms with Crippen molar-refractivity contribution in [3.63, 3.8) is 0 Å². The normalized spacial score (nSPS) is 46.0. The molecule has 3 unspecified atom stereocenters. The van der Waals surface area contributed by atoms with Crippen LogP contribution in [0.25, 0.3) is 0 Å². The number of ether oxygens (including phenoxy) is 1. The van der Waals surface area contributed by atoms with Gasteiger partial charge >= 0.3 is 51.4 Å². The van der Waals surface area contributed by atoms with E-state index in [0.717, 1.165) is 23.7 Å². The average Bonchev–Trinajstić information content (AvgIpc) is 2.68. The molecule has 0 aliphatic heterocycles. The van der Waals surface area contributed by atoms with Gasteiger partial charge < -0.3 is 29.6 Å². The van der Waals surface area contributed by atoms with Crippen molar-refractivity contribution in [3.05, 3.63) is 0 Å². The summed E-state index contributed by atoms with van der Waals surface area (Å²) in [5.41, 5.74) is 0. The van der Waals surface area contributed by atoms with Crippen molar-refractivity contribution in [1.29, 1.82) is 0 Å². The fourth-order valence-corrected chi connectivity index (χ4v) is 4.51. The van der Waals surface area contributed by atoms with E-state index in [1.165, 1.54) is 32.1 Å². The van der Waals surface area contributed by atoms with E-state index in [4.69, 9.17) is 29.6 Å². The maximum absolute atomic E-state index is 5.60. The van der Waals surface area contributed by atoms with E-state index in [1.54, 1.807) is 0 Å². The van der Waals surface area contributed by atoms with E-state index < -0.39 is 0 Å². The van der Waals surface area contributed by atoms with Crippen LogP contribution in [0, 0.1) is 23.7 Å². The molecule has 3 aliphatic rings. The Hall–Kier alpha value is 1.75. The number of rotatable bonds is 1. The number of thiocarbonyl (C=S) groups is 1. The SMILES string of the molecule is S=C([S-])OC1C[C@H]2C[C@@H]1C1CCCC12.[K+]. The van der Waals surface area contributed by atoms with Crippen LogP contribution in [0.2, 0.25) is 0 Å². The van der Waals surface area contributed by atoms with Crippen molar-refractivity contribution in [2.24, 2.45) is 23.7 Å². The summed E-state index contributed by atoms with van der Waals surface area (Å²) in [6.07, 6.45) is 7.32. The molecule has 0 aromatic rings. The Labute approximate surface area is 145 Å². The second-order valence-electron chi connectivity index (χ2n) is 5.06. The van der Waals surface area contributed by atoms with Crippen molar-refractivity contribution < 1.29 is 56.1 Å². The van der Waals surface area contributed by atoms with Gasteiger partial charge in [0, 0.05) is 4.38 Å². The number of hydrogen-bond donors (Lipinski definition) is 0. The summed E-state index contributed by atoms with van der Waals surface area (Å²) in [5, 5.41) is 0. The quantitative estimate of drug-likeness (QED) is 0.365. The zero-order valence-corrected chi connectivity index (χ0v) is 13.9. The third-order valence-corrected chi connectivity index (χ3v) is 4.81. The molecule has 3 fully saturated rings. The van der Waals surface area contributed by atoms with E-state index in [-0.39, 0.29) is 51.4 Å². The Morgan fingerprint density at radius 2 is 1.87 bits per heavy atom. The Morgan fingerprint density at radius 3 is 2.60 bits per heavy atom. The van der Waals surface area contributed by atoms with Crippen LogP contribution in [-0.4, -0.2) is 10.5 Å². The first-order chi connectivity index (χ1) is 6.75. The molecule has 0 saturated heterocycles. The van der Waals surface area contributed by atoms with Crippen molar-refractivity contribution in [1.82, 2.24) is 0 Å². The van der Waals surface area contributed by atoms with E-state index in [9.17, 15) is 0 Å². The first-order valence-electron chi connectivity index (χ1n) is 5.63. The molecule has 0 radical (unpaired) electrons. The Balaban J connectivity index is 0.000000853. The molecule has 5 atom stereocenters. The molecule has 2 bridgehead atoms. The molecule has 1 nitrogen and oxygen atoms in total. The minimum atomic E-state index is 0. The van der Waals surface area contributed by atoms with Crippen LogP contribution < -0.4 is 51.4 Å². The Morgan fingerprint density at radius 1 is 1.13 bits per heavy atom. The minimum Gasteiger partial charge on any atom is -0.510 e. The molecule has 3 rings (SSSR count). The number of fused-ring (bicyclic) bond motifs is 5. The summed E-state index contributed by atoms with van der Waals surface area (Å²) in [5.74, 6) is 3.69. The largest absolute Gasteiger partial charge is 1.00 e. The van der Waals surface area contributed by atoms with Gasteiger partial charge in [0.15, 0.2) is 0 Å². The van der Waals surface area contributed by atoms with Gasteiger partial charge in [-0.15, -0.1) is 0 Å². The monoisotopic (exact) mass is 266 g/mol. The van der Waals surface area contributed by atoms with Gasteiger partial charge in [0.25, 0.3) is 0 Å². The van der Waals surface area contributed by atoms with Crippen LogP contribution in [0.3, 0.4) is 0 Å². The Bertz CT molecular complexity index is 271. The maximum atomic E-state index is 5.60. The van der Waals surface area contributed by atoms with Gasteiger partial charge in [-0.1, -0.05) is 6.42 Å². The fraction of sp³-hybridized carbons (Fsp3) is 0.909. The van der Waals surface area contributed by atoms with Gasteiger partial charge in [-0.25, -0.2) is 0 Å². The zero-order valence-electron chi connectivity index (χ0n) is 9.15. The second-order valence-corrected chi connectivity index (χ2v) is 6.06. The molecule has 0 heterocycles. The minimum absolute atomic E-state index is 0. The van der Waals surface area contributed by atoms with E-state index in [2.05, 4.69) is 0 Å². The molecule has 15 heavy (non-hydrogen) atoms. The fourth-order valence-electron chi connectivity index (χ4n) is 4.26. The first kappa shape index (κ1) is 13.2. The molecule has 0 aromatic carbocycles. The summed E-state index contributed by atoms with van der Waals surface area (Å²) in [7, 11) is 0. The molecular weight excluding hydrogens is 251 g/mol. The van der Waals surface area contributed by atoms with Gasteiger partial charge in [-0.3, -0.25) is 0 Å². The second kappa shape index (κ2) is 5.17. The summed E-state index contributed by atoms with van der Waals surface area (Å²) >= 11 is 9.72. The zero-order chi connectivity index (χ0) is 9.71. The predicted molar refractivity (Wildman–Crippen MR) is 61.9 cm³/mol. The van der Waals surface area contributed by atoms with Crippen LogP contribution >= 0.6 is 12.2 Å². The summed E-state index contributed by atoms with van der Waals surface area (Å²) in [6, 6.07) is 0. The third kappa shape index (κ3) is 2.33. The van der Waals surface area contributed by atoms with E-state index >= 15 is 0 Å². The van der Waals surface area contributed by atoms with Gasteiger partial charge in [0.2, 0.25) is 0 Å². The molecule has 4 heteroatoms. The molecule has 3 saturated carbocycles. The molecule has 3 aliphatic carbocycles. The number of hydrogen-bond acceptors (Lipinski definition) is 3. The van der Waals surface area contributed by atoms with Crippen LogP contribution in [0.4, 0.5) is 0 Å². The summed E-state index contributed by atoms with van der Waals surface area (Å²) in [6.45, 7) is 0. The molecule has 78 valence electrons. The van der Waals surface area contributed by atoms with Gasteiger partial charge in [-0.2, -0.15) is 0 Å². The third-order valence-electron chi connectivity index (χ3n) is 4.62. The van der Waals surface area contributed by atoms with Crippen molar-refractivity contribution in [3.8, 4) is 0 Å². The standard InChI is InChI=1S/C11H16OS2.K/c13-11(14)12-10-5-6-4-9(10)8-3-1-2-7(6)8;/h6-10H,1-5H2,(H,13,14);/q;+1/p-1/t6-,7?,8?,9-,10?;/m1./s1. The van der Waals surface area contributed by atoms with Crippen LogP contribution in [-0.2, 0) is 17.4 Å². The molecule has 0 amide bonds. The average molecular weight is 266 g/mol. The molecule has 0 aromatic heterocycles. The van der Waals surface area contributed by atoms with Crippen molar-refractivity contribution >= 4 is 29.2 Å². The first-order valence-corrected chi connectivity index (χ1v) is 6.45. The smallest absolute Gasteiger partial charge is 0.510 e. The topological polar surface area (TPSA) is 9.23 Å². The predicted octanol–water partition coefficient (Wildman–Crippen LogP) is -0.336. The van der Waals surface area contributed by atoms with Gasteiger partial charge in [0.05, 0.1) is 6.10 Å². The van der Waals surface area contributed by atoms with Gasteiger partial charge in [-0.05, 0) is 49.4 Å². The van der Waals surface area contributed by atoms with E-state index in [1.807, 2.05) is 0 Å². The van der Waals surface area contributed by atoms with Crippen molar-refractivity contribution in [2.75, 3.05) is 0 Å². The van der Waals surface area contributed by atoms with Crippen LogP contribution in [0.1, 0.15) is 32.1 Å².